The molecule has 0 fully saturated rings. The molecule has 1 heterocycles. The highest BCUT2D eigenvalue weighted by Gasteiger charge is 2.41. The SMILES string of the molecule is CC(C)c1cccc(C(C)C)c1N1C(=O)c2cc(Oc3ccc(C(C)(C)CC(C)(C)C)cc3)c3c4cccc5c(-c6ccc7c8ccc(Br)c9cccc(c%10cccc6c%107)c98)ccc(c6c(Oc7ccc(C(C)(C)CC(C)(C)C)cc7)cc(c2c36)C1=O)c54. The Balaban J connectivity index is 1.07. The first-order valence-electron chi connectivity index (χ1n) is 31.4. The first-order chi connectivity index (χ1) is 41.8. The number of anilines is 1. The van der Waals surface area contributed by atoms with Crippen molar-refractivity contribution in [2.45, 2.75) is 132 Å². The Morgan fingerprint density at radius 2 is 0.739 bits per heavy atom. The largest absolute Gasteiger partial charge is 0.457 e. The van der Waals surface area contributed by atoms with Gasteiger partial charge < -0.3 is 9.47 Å². The molecule has 0 aromatic heterocycles. The summed E-state index contributed by atoms with van der Waals surface area (Å²) in [6.45, 7) is 31.5. The maximum atomic E-state index is 16.1. The third kappa shape index (κ3) is 9.21. The van der Waals surface area contributed by atoms with Crippen molar-refractivity contribution < 1.29 is 19.1 Å². The van der Waals surface area contributed by atoms with E-state index in [0.29, 0.717) is 45.2 Å². The Labute approximate surface area is 525 Å². The van der Waals surface area contributed by atoms with Crippen molar-refractivity contribution in [1.82, 2.24) is 0 Å². The van der Waals surface area contributed by atoms with Gasteiger partial charge in [0.2, 0.25) is 0 Å². The molecule has 13 aromatic carbocycles. The van der Waals surface area contributed by atoms with E-state index < -0.39 is 0 Å². The summed E-state index contributed by atoms with van der Waals surface area (Å²) in [6.07, 6.45) is 2.00. The van der Waals surface area contributed by atoms with E-state index in [0.717, 1.165) is 77.3 Å². The van der Waals surface area contributed by atoms with E-state index in [1.54, 1.807) is 0 Å². The van der Waals surface area contributed by atoms with Gasteiger partial charge in [0.15, 0.2) is 0 Å². The lowest BCUT2D eigenvalue weighted by atomic mass is 9.72. The summed E-state index contributed by atoms with van der Waals surface area (Å²) < 4.78 is 15.8. The van der Waals surface area contributed by atoms with Gasteiger partial charge in [-0.1, -0.05) is 240 Å². The molecule has 1 aliphatic rings. The zero-order valence-corrected chi connectivity index (χ0v) is 54.8. The van der Waals surface area contributed by atoms with Crippen LogP contribution >= 0.6 is 15.9 Å². The fourth-order valence-electron chi connectivity index (χ4n) is 16.0. The molecular formula is C82H76BrNO4. The molecule has 0 N–H and O–H groups in total. The highest BCUT2D eigenvalue weighted by atomic mass is 79.9. The highest BCUT2D eigenvalue weighted by molar-refractivity contribution is 9.10. The molecule has 0 saturated carbocycles. The maximum Gasteiger partial charge on any atom is 0.266 e. The fraction of sp³-hybridized carbons (Fsp3) is 0.268. The predicted octanol–water partition coefficient (Wildman–Crippen LogP) is 24.3. The fourth-order valence-corrected chi connectivity index (χ4v) is 16.4. The van der Waals surface area contributed by atoms with Crippen LogP contribution in [0.4, 0.5) is 5.69 Å². The lowest BCUT2D eigenvalue weighted by molar-refractivity contribution is 0.0892. The summed E-state index contributed by atoms with van der Waals surface area (Å²) in [5.74, 6) is 1.59. The quantitative estimate of drug-likeness (QED) is 0.0695. The topological polar surface area (TPSA) is 55.8 Å². The third-order valence-corrected chi connectivity index (χ3v) is 19.6. The van der Waals surface area contributed by atoms with Gasteiger partial charge in [0.25, 0.3) is 11.8 Å². The monoisotopic (exact) mass is 1220 g/mol. The minimum atomic E-state index is -0.384. The smallest absolute Gasteiger partial charge is 0.266 e. The second-order valence-electron chi connectivity index (χ2n) is 29.5. The first-order valence-corrected chi connectivity index (χ1v) is 32.2. The van der Waals surface area contributed by atoms with Crippen LogP contribution in [0.2, 0.25) is 0 Å². The van der Waals surface area contributed by atoms with E-state index in [9.17, 15) is 0 Å². The number of hydrogen-bond donors (Lipinski definition) is 0. The van der Waals surface area contributed by atoms with E-state index in [4.69, 9.17) is 9.47 Å². The normalized spacial score (nSPS) is 13.7. The first kappa shape index (κ1) is 57.4. The van der Waals surface area contributed by atoms with E-state index in [2.05, 4.69) is 265 Å². The molecule has 0 radical (unpaired) electrons. The van der Waals surface area contributed by atoms with Crippen LogP contribution in [0.15, 0.2) is 174 Å². The Hall–Kier alpha value is -8.32. The van der Waals surface area contributed by atoms with Gasteiger partial charge in [0.05, 0.1) is 16.8 Å². The zero-order chi connectivity index (χ0) is 61.8. The van der Waals surface area contributed by atoms with Gasteiger partial charge in [0.1, 0.15) is 23.0 Å². The second kappa shape index (κ2) is 20.4. The van der Waals surface area contributed by atoms with Crippen LogP contribution in [0, 0.1) is 10.8 Å². The summed E-state index contributed by atoms with van der Waals surface area (Å²) in [7, 11) is 0. The number of nitrogens with zero attached hydrogens (tertiary/aromatic N) is 1. The lowest BCUT2D eigenvalue weighted by Gasteiger charge is -2.34. The Morgan fingerprint density at radius 3 is 1.19 bits per heavy atom. The number of benzene rings is 13. The van der Waals surface area contributed by atoms with E-state index in [-0.39, 0.29) is 45.3 Å². The van der Waals surface area contributed by atoms with Gasteiger partial charge in [-0.15, -0.1) is 0 Å². The van der Waals surface area contributed by atoms with Crippen molar-refractivity contribution in [3.8, 4) is 34.1 Å². The zero-order valence-electron chi connectivity index (χ0n) is 53.2. The number of hydrogen-bond acceptors (Lipinski definition) is 4. The molecule has 0 unspecified atom stereocenters. The van der Waals surface area contributed by atoms with Gasteiger partial charge in [-0.2, -0.15) is 0 Å². The van der Waals surface area contributed by atoms with Crippen molar-refractivity contribution in [3.63, 3.8) is 0 Å². The third-order valence-electron chi connectivity index (χ3n) is 18.9. The number of rotatable bonds is 12. The summed E-state index contributed by atoms with van der Waals surface area (Å²) in [5.41, 5.74) is 8.02. The molecule has 0 atom stereocenters. The van der Waals surface area contributed by atoms with Crippen molar-refractivity contribution in [1.29, 1.82) is 0 Å². The number of imide groups is 1. The van der Waals surface area contributed by atoms with Crippen LogP contribution < -0.4 is 14.4 Å². The summed E-state index contributed by atoms with van der Waals surface area (Å²) in [6, 6.07) is 60.5. The molecule has 1 aliphatic heterocycles. The highest BCUT2D eigenvalue weighted by Crippen LogP contribution is 2.55. The molecular weight excluding hydrogens is 1140 g/mol. The number of para-hydroxylation sites is 1. The van der Waals surface area contributed by atoms with Crippen LogP contribution in [0.3, 0.4) is 0 Å². The number of ether oxygens (including phenoxy) is 2. The second-order valence-corrected chi connectivity index (χ2v) is 30.3. The molecule has 0 aliphatic carbocycles. The Bertz CT molecular complexity index is 4840. The van der Waals surface area contributed by atoms with Gasteiger partial charge in [-0.25, -0.2) is 4.90 Å². The van der Waals surface area contributed by atoms with E-state index >= 15 is 9.59 Å². The van der Waals surface area contributed by atoms with Crippen LogP contribution in [0.5, 0.6) is 23.0 Å². The molecule has 88 heavy (non-hydrogen) atoms. The maximum absolute atomic E-state index is 16.1. The van der Waals surface area contributed by atoms with E-state index in [1.807, 2.05) is 18.2 Å². The predicted molar refractivity (Wildman–Crippen MR) is 375 cm³/mol. The number of carbonyl (C=O) groups excluding carboxylic acids is 2. The molecule has 2 amide bonds. The number of halogens is 1. The average molecular weight is 1220 g/mol. The van der Waals surface area contributed by atoms with Gasteiger partial charge in [-0.3, -0.25) is 9.59 Å². The summed E-state index contributed by atoms with van der Waals surface area (Å²) >= 11 is 3.87. The van der Waals surface area contributed by atoms with Crippen molar-refractivity contribution in [2.75, 3.05) is 4.90 Å². The van der Waals surface area contributed by atoms with Crippen molar-refractivity contribution in [3.05, 3.63) is 208 Å². The standard InChI is InChI=1S/C82H76BrNO4/c1-45(2)51-19-15-20-52(46(3)4)76(51)84-77(85)64-41-67(87-49-31-27-47(28-32-49)81(11,12)43-79(5,6)7)73-62-26-18-22-56-54(53-35-37-59-60-39-40-66(83)61-25-17-24-58(70(60)61)57-23-16-21-55(53)69(57)59)36-38-63(71(56)62)74-68(42-65(78(84)86)72(64)75(73)74)88-50-33-29-48(30-34-50)82(13,14)44-80(8,9)10/h15-42,45-46H,43-44H2,1-14H3. The van der Waals surface area contributed by atoms with Crippen molar-refractivity contribution >= 4 is 120 Å². The molecule has 14 rings (SSSR count). The minimum absolute atomic E-state index is 0.0162. The molecule has 6 heteroatoms. The van der Waals surface area contributed by atoms with Gasteiger partial charge in [-0.05, 0) is 187 Å². The molecule has 5 nitrogen and oxygen atoms in total. The minimum Gasteiger partial charge on any atom is -0.457 e. The number of amides is 2. The molecule has 440 valence electrons. The molecule has 0 spiro atoms. The molecule has 13 aromatic rings. The number of fused-ring (bicyclic) bond motifs is 4. The van der Waals surface area contributed by atoms with Gasteiger partial charge >= 0.3 is 0 Å². The van der Waals surface area contributed by atoms with Crippen molar-refractivity contribution in [2.24, 2.45) is 10.8 Å². The van der Waals surface area contributed by atoms with Crippen LogP contribution in [-0.2, 0) is 10.8 Å². The molecule has 0 saturated heterocycles. The average Bonchev–Trinajstić information content (AvgIpc) is 0.722. The van der Waals surface area contributed by atoms with Crippen LogP contribution in [0.25, 0.3) is 97.3 Å². The Kier molecular flexibility index (Phi) is 13.3. The van der Waals surface area contributed by atoms with Crippen LogP contribution in [-0.4, -0.2) is 11.8 Å². The summed E-state index contributed by atoms with van der Waals surface area (Å²) in [4.78, 5) is 33.7. The Morgan fingerprint density at radius 1 is 0.375 bits per heavy atom. The number of carbonyl (C=O) groups is 2. The van der Waals surface area contributed by atoms with Gasteiger partial charge in [0, 0.05) is 26.0 Å². The van der Waals surface area contributed by atoms with Crippen LogP contribution in [0.1, 0.15) is 165 Å². The lowest BCUT2D eigenvalue weighted by Crippen LogP contribution is -2.42. The molecule has 0 bridgehead atoms. The summed E-state index contributed by atoms with van der Waals surface area (Å²) in [5, 5.41) is 16.7. The van der Waals surface area contributed by atoms with E-state index in [1.165, 1.54) is 59.1 Å².